The Balaban J connectivity index is 1.88. The van der Waals surface area contributed by atoms with E-state index in [1.807, 2.05) is 6.92 Å². The predicted molar refractivity (Wildman–Crippen MR) is 82.2 cm³/mol. The van der Waals surface area contributed by atoms with Crippen LogP contribution in [0.4, 0.5) is 0 Å². The molecule has 0 saturated heterocycles. The number of aromatic nitrogens is 2. The number of nitrogens with one attached hydrogen (secondary N) is 1. The number of carbonyl (C=O) groups excluding carboxylic acids is 1. The first-order chi connectivity index (χ1) is 9.56. The molecule has 0 bridgehead atoms. The number of aliphatic hydroxyl groups excluding tert-OH is 1. The van der Waals surface area contributed by atoms with Crippen LogP contribution in [0.1, 0.15) is 18.2 Å². The summed E-state index contributed by atoms with van der Waals surface area (Å²) in [6.07, 6.45) is 1.46. The minimum atomic E-state index is -0.512. The third-order valence-corrected chi connectivity index (χ3v) is 4.54. The van der Waals surface area contributed by atoms with Crippen LogP contribution in [0.3, 0.4) is 0 Å². The van der Waals surface area contributed by atoms with Crippen LogP contribution >= 0.6 is 23.1 Å². The third-order valence-electron chi connectivity index (χ3n) is 2.58. The van der Waals surface area contributed by atoms with Crippen molar-refractivity contribution in [2.75, 3.05) is 12.3 Å². The van der Waals surface area contributed by atoms with E-state index in [9.17, 15) is 4.79 Å². The van der Waals surface area contributed by atoms with E-state index in [0.717, 1.165) is 15.2 Å². The van der Waals surface area contributed by atoms with Crippen molar-refractivity contribution in [3.63, 3.8) is 0 Å². The first kappa shape index (κ1) is 15.2. The quantitative estimate of drug-likeness (QED) is 0.630. The van der Waals surface area contributed by atoms with Gasteiger partial charge in [0.2, 0.25) is 5.91 Å². The highest BCUT2D eigenvalue weighted by Gasteiger charge is 2.09. The molecule has 2 aromatic rings. The van der Waals surface area contributed by atoms with E-state index in [1.165, 1.54) is 4.88 Å². The number of carbonyl (C=O) groups is 1. The molecule has 0 spiro atoms. The van der Waals surface area contributed by atoms with Crippen LogP contribution in [0.15, 0.2) is 17.4 Å². The van der Waals surface area contributed by atoms with Gasteiger partial charge in [-0.2, -0.15) is 0 Å². The van der Waals surface area contributed by atoms with Crippen LogP contribution in [0, 0.1) is 6.92 Å². The number of fused-ring (bicyclic) bond motifs is 1. The Kier molecular flexibility index (Phi) is 5.33. The van der Waals surface area contributed by atoms with Crippen molar-refractivity contribution < 1.29 is 9.90 Å². The van der Waals surface area contributed by atoms with Gasteiger partial charge in [-0.25, -0.2) is 9.97 Å². The molecule has 2 aromatic heterocycles. The lowest BCUT2D eigenvalue weighted by Crippen LogP contribution is -2.30. The zero-order chi connectivity index (χ0) is 14.5. The molecular formula is C13H17N3O2S2. The van der Waals surface area contributed by atoms with Crippen LogP contribution in [0.25, 0.3) is 10.2 Å². The van der Waals surface area contributed by atoms with E-state index < -0.39 is 6.10 Å². The van der Waals surface area contributed by atoms with E-state index >= 15 is 0 Å². The van der Waals surface area contributed by atoms with Gasteiger partial charge in [-0.1, -0.05) is 0 Å². The highest BCUT2D eigenvalue weighted by atomic mass is 32.2. The maximum Gasteiger partial charge on any atom is 0.220 e. The van der Waals surface area contributed by atoms with Crippen LogP contribution in [-0.4, -0.2) is 39.4 Å². The third kappa shape index (κ3) is 4.16. The van der Waals surface area contributed by atoms with Gasteiger partial charge in [0.1, 0.15) is 16.2 Å². The topological polar surface area (TPSA) is 75.1 Å². The number of rotatable bonds is 6. The van der Waals surface area contributed by atoms with Gasteiger partial charge in [-0.3, -0.25) is 4.79 Å². The summed E-state index contributed by atoms with van der Waals surface area (Å²) in [4.78, 5) is 22.2. The molecule has 0 aliphatic heterocycles. The molecule has 0 aliphatic carbocycles. The Hall–Kier alpha value is -1.18. The number of thioether (sulfide) groups is 1. The second-order valence-corrected chi connectivity index (χ2v) is 6.82. The maximum absolute atomic E-state index is 11.5. The molecule has 108 valence electrons. The van der Waals surface area contributed by atoms with Crippen molar-refractivity contribution in [3.8, 4) is 0 Å². The fourth-order valence-electron chi connectivity index (χ4n) is 1.66. The summed E-state index contributed by atoms with van der Waals surface area (Å²) in [5, 5.41) is 13.7. The molecule has 0 aliphatic rings. The van der Waals surface area contributed by atoms with Crippen molar-refractivity contribution in [1.29, 1.82) is 0 Å². The van der Waals surface area contributed by atoms with Gasteiger partial charge >= 0.3 is 0 Å². The number of hydrogen-bond donors (Lipinski definition) is 2. The second-order valence-electron chi connectivity index (χ2n) is 4.51. The smallest absolute Gasteiger partial charge is 0.220 e. The molecule has 2 heterocycles. The fraction of sp³-hybridized carbons (Fsp3) is 0.462. The number of aliphatic hydroxyl groups is 1. The molecule has 1 unspecified atom stereocenters. The van der Waals surface area contributed by atoms with E-state index in [2.05, 4.69) is 21.4 Å². The summed E-state index contributed by atoms with van der Waals surface area (Å²) in [6, 6.07) is 2.08. The Labute approximate surface area is 125 Å². The van der Waals surface area contributed by atoms with Gasteiger partial charge in [0, 0.05) is 29.0 Å². The Morgan fingerprint density at radius 2 is 2.35 bits per heavy atom. The van der Waals surface area contributed by atoms with Crippen molar-refractivity contribution in [2.24, 2.45) is 0 Å². The van der Waals surface area contributed by atoms with Crippen LogP contribution in [0.5, 0.6) is 0 Å². The zero-order valence-corrected chi connectivity index (χ0v) is 13.1. The van der Waals surface area contributed by atoms with Crippen LogP contribution in [0.2, 0.25) is 0 Å². The summed E-state index contributed by atoms with van der Waals surface area (Å²) in [6.45, 7) is 3.99. The van der Waals surface area contributed by atoms with E-state index in [4.69, 9.17) is 5.11 Å². The molecule has 2 N–H and O–H groups in total. The molecule has 1 amide bonds. The largest absolute Gasteiger partial charge is 0.392 e. The summed E-state index contributed by atoms with van der Waals surface area (Å²) in [5.74, 6) is 0.609. The maximum atomic E-state index is 11.5. The molecule has 0 aromatic carbocycles. The van der Waals surface area contributed by atoms with Crippen molar-refractivity contribution >= 4 is 39.2 Å². The average molecular weight is 311 g/mol. The molecule has 2 rings (SSSR count). The molecule has 0 saturated carbocycles. The van der Waals surface area contributed by atoms with Gasteiger partial charge in [-0.15, -0.1) is 23.1 Å². The lowest BCUT2D eigenvalue weighted by Gasteiger charge is -2.06. The minimum absolute atomic E-state index is 0.0507. The minimum Gasteiger partial charge on any atom is -0.392 e. The fourth-order valence-corrected chi connectivity index (χ4v) is 3.49. The number of thiophene rings is 1. The second kappa shape index (κ2) is 7.01. The summed E-state index contributed by atoms with van der Waals surface area (Å²) in [7, 11) is 0. The molecular weight excluding hydrogens is 294 g/mol. The van der Waals surface area contributed by atoms with Crippen LogP contribution in [-0.2, 0) is 4.79 Å². The van der Waals surface area contributed by atoms with Gasteiger partial charge in [0.05, 0.1) is 6.10 Å². The van der Waals surface area contributed by atoms with E-state index in [0.29, 0.717) is 18.7 Å². The Morgan fingerprint density at radius 3 is 3.10 bits per heavy atom. The van der Waals surface area contributed by atoms with E-state index in [-0.39, 0.29) is 5.91 Å². The lowest BCUT2D eigenvalue weighted by molar-refractivity contribution is -0.121. The normalized spacial score (nSPS) is 12.6. The first-order valence-electron chi connectivity index (χ1n) is 6.35. The van der Waals surface area contributed by atoms with Crippen molar-refractivity contribution in [1.82, 2.24) is 15.3 Å². The standard InChI is InChI=1S/C13H17N3O2S2/c1-8(17)6-14-11(18)3-4-19-12-10-5-9(2)20-13(10)16-7-15-12/h5,7-8,17H,3-4,6H2,1-2H3,(H,14,18). The van der Waals surface area contributed by atoms with E-state index in [1.54, 1.807) is 36.3 Å². The Morgan fingerprint density at radius 1 is 1.55 bits per heavy atom. The van der Waals surface area contributed by atoms with Crippen molar-refractivity contribution in [3.05, 3.63) is 17.3 Å². The average Bonchev–Trinajstić information content (AvgIpc) is 2.77. The number of amides is 1. The van der Waals surface area contributed by atoms with Gasteiger partial charge in [-0.05, 0) is 19.9 Å². The SMILES string of the molecule is Cc1cc2c(SCCC(=O)NCC(C)O)ncnc2s1. The molecule has 1 atom stereocenters. The summed E-state index contributed by atoms with van der Waals surface area (Å²) < 4.78 is 0. The predicted octanol–water partition coefficient (Wildman–Crippen LogP) is 1.98. The zero-order valence-electron chi connectivity index (χ0n) is 11.4. The van der Waals surface area contributed by atoms with Crippen molar-refractivity contribution in [2.45, 2.75) is 31.4 Å². The summed E-state index contributed by atoms with van der Waals surface area (Å²) >= 11 is 3.20. The summed E-state index contributed by atoms with van der Waals surface area (Å²) in [5.41, 5.74) is 0. The molecule has 20 heavy (non-hydrogen) atoms. The molecule has 5 nitrogen and oxygen atoms in total. The lowest BCUT2D eigenvalue weighted by atomic mass is 10.4. The Bertz CT molecular complexity index is 598. The first-order valence-corrected chi connectivity index (χ1v) is 8.15. The monoisotopic (exact) mass is 311 g/mol. The molecule has 0 fully saturated rings. The van der Waals surface area contributed by atoms with Gasteiger partial charge in [0.15, 0.2) is 0 Å². The highest BCUT2D eigenvalue weighted by molar-refractivity contribution is 7.99. The highest BCUT2D eigenvalue weighted by Crippen LogP contribution is 2.30. The van der Waals surface area contributed by atoms with Crippen LogP contribution < -0.4 is 5.32 Å². The number of nitrogens with zero attached hydrogens (tertiary/aromatic N) is 2. The van der Waals surface area contributed by atoms with Gasteiger partial charge < -0.3 is 10.4 Å². The number of aryl methyl sites for hydroxylation is 1. The molecule has 0 radical (unpaired) electrons. The number of hydrogen-bond acceptors (Lipinski definition) is 6. The van der Waals surface area contributed by atoms with Gasteiger partial charge in [0.25, 0.3) is 0 Å². The molecule has 7 heteroatoms.